The Kier molecular flexibility index (Phi) is 5.88. The van der Waals surface area contributed by atoms with Gasteiger partial charge in [-0.15, -0.1) is 0 Å². The average molecular weight is 363 g/mol. The van der Waals surface area contributed by atoms with Gasteiger partial charge in [0.1, 0.15) is 0 Å². The molecule has 1 aromatic rings. The Morgan fingerprint density at radius 1 is 1.24 bits per heavy atom. The van der Waals surface area contributed by atoms with Crippen molar-refractivity contribution < 1.29 is 13.2 Å². The van der Waals surface area contributed by atoms with Crippen LogP contribution in [-0.4, -0.2) is 40.0 Å². The van der Waals surface area contributed by atoms with Crippen molar-refractivity contribution in [2.45, 2.75) is 43.0 Å². The molecule has 7 heteroatoms. The number of carbonyl (C=O) groups is 1. The van der Waals surface area contributed by atoms with Crippen LogP contribution in [0.3, 0.4) is 0 Å². The summed E-state index contributed by atoms with van der Waals surface area (Å²) in [5.41, 5.74) is 1.56. The van der Waals surface area contributed by atoms with Crippen LogP contribution in [-0.2, 0) is 10.0 Å². The second-order valence-electron chi connectivity index (χ2n) is 6.63. The van der Waals surface area contributed by atoms with Crippen LogP contribution in [0.2, 0.25) is 0 Å². The monoisotopic (exact) mass is 363 g/mol. The highest BCUT2D eigenvalue weighted by Gasteiger charge is 2.23. The van der Waals surface area contributed by atoms with Crippen LogP contribution in [0.5, 0.6) is 0 Å². The number of rotatable bonds is 6. The van der Waals surface area contributed by atoms with E-state index >= 15 is 0 Å². The third-order valence-electron chi connectivity index (χ3n) is 4.72. The van der Waals surface area contributed by atoms with Crippen molar-refractivity contribution in [3.05, 3.63) is 41.5 Å². The summed E-state index contributed by atoms with van der Waals surface area (Å²) in [4.78, 5) is 12.5. The van der Waals surface area contributed by atoms with E-state index in [1.165, 1.54) is 17.7 Å². The summed E-state index contributed by atoms with van der Waals surface area (Å²) < 4.78 is 27.8. The van der Waals surface area contributed by atoms with Gasteiger partial charge in [0.25, 0.3) is 5.91 Å². The van der Waals surface area contributed by atoms with Crippen LogP contribution in [0.25, 0.3) is 0 Å². The molecule has 3 N–H and O–H groups in total. The Morgan fingerprint density at radius 3 is 2.76 bits per heavy atom. The van der Waals surface area contributed by atoms with Crippen molar-refractivity contribution in [1.29, 1.82) is 0 Å². The molecule has 1 aromatic carbocycles. The Bertz CT molecular complexity index is 753. The predicted octanol–water partition coefficient (Wildman–Crippen LogP) is 1.56. The molecule has 0 aromatic heterocycles. The normalized spacial score (nSPS) is 18.8. The fraction of sp³-hybridized carbons (Fsp3) is 0.500. The number of sulfonamides is 1. The van der Waals surface area contributed by atoms with Crippen molar-refractivity contribution in [2.75, 3.05) is 19.6 Å². The zero-order valence-corrected chi connectivity index (χ0v) is 15.1. The first-order valence-corrected chi connectivity index (χ1v) is 10.3. The molecule has 0 saturated heterocycles. The van der Waals surface area contributed by atoms with Crippen LogP contribution in [0, 0.1) is 0 Å². The van der Waals surface area contributed by atoms with Crippen LogP contribution in [0.1, 0.15) is 42.5 Å². The zero-order valence-electron chi connectivity index (χ0n) is 14.3. The average Bonchev–Trinajstić information content (AvgIpc) is 3.13. The summed E-state index contributed by atoms with van der Waals surface area (Å²) in [7, 11) is -3.58. The molecule has 1 aliphatic carbocycles. The van der Waals surface area contributed by atoms with E-state index in [1.54, 1.807) is 12.1 Å². The molecule has 0 unspecified atom stereocenters. The third-order valence-corrected chi connectivity index (χ3v) is 6.24. The number of amides is 1. The lowest BCUT2D eigenvalue weighted by Gasteiger charge is -2.15. The summed E-state index contributed by atoms with van der Waals surface area (Å²) in [6.07, 6.45) is 6.87. The molecule has 1 fully saturated rings. The molecule has 136 valence electrons. The van der Waals surface area contributed by atoms with E-state index in [2.05, 4.69) is 21.4 Å². The van der Waals surface area contributed by atoms with E-state index in [4.69, 9.17) is 0 Å². The van der Waals surface area contributed by atoms with Crippen molar-refractivity contribution >= 4 is 15.9 Å². The van der Waals surface area contributed by atoms with E-state index in [0.29, 0.717) is 12.1 Å². The largest absolute Gasteiger partial charge is 0.348 e. The van der Waals surface area contributed by atoms with Crippen LogP contribution < -0.4 is 15.4 Å². The fourth-order valence-corrected chi connectivity index (χ4v) is 4.61. The smallest absolute Gasteiger partial charge is 0.251 e. The number of benzene rings is 1. The minimum atomic E-state index is -3.58. The Labute approximate surface area is 149 Å². The molecule has 0 atom stereocenters. The standard InChI is InChI=1S/C18H25N3O3S/c22-18(20-13-14-8-10-19-11-9-14)15-4-3-7-17(12-15)25(23,24)21-16-5-1-2-6-16/h3-4,7-8,12,16,19,21H,1-2,5-6,9-11,13H2,(H,20,22). The molecule has 0 spiro atoms. The summed E-state index contributed by atoms with van der Waals surface area (Å²) >= 11 is 0. The van der Waals surface area contributed by atoms with Gasteiger partial charge in [-0.3, -0.25) is 4.79 Å². The van der Waals surface area contributed by atoms with Gasteiger partial charge < -0.3 is 10.6 Å². The van der Waals surface area contributed by atoms with Gasteiger partial charge in [-0.2, -0.15) is 0 Å². The van der Waals surface area contributed by atoms with Crippen LogP contribution in [0.15, 0.2) is 40.8 Å². The highest BCUT2D eigenvalue weighted by molar-refractivity contribution is 7.89. The SMILES string of the molecule is O=C(NCC1=CCNCC1)c1cccc(S(=O)(=O)NC2CCCC2)c1. The maximum absolute atomic E-state index is 12.5. The minimum Gasteiger partial charge on any atom is -0.348 e. The first-order valence-electron chi connectivity index (χ1n) is 8.84. The highest BCUT2D eigenvalue weighted by atomic mass is 32.2. The molecule has 6 nitrogen and oxygen atoms in total. The van der Waals surface area contributed by atoms with Gasteiger partial charge in [-0.1, -0.05) is 30.6 Å². The number of hydrogen-bond acceptors (Lipinski definition) is 4. The third kappa shape index (κ3) is 4.90. The lowest BCUT2D eigenvalue weighted by Crippen LogP contribution is -2.33. The summed E-state index contributed by atoms with van der Waals surface area (Å²) in [5, 5.41) is 6.10. The second-order valence-corrected chi connectivity index (χ2v) is 8.34. The van der Waals surface area contributed by atoms with Crippen LogP contribution in [0.4, 0.5) is 0 Å². The lowest BCUT2D eigenvalue weighted by atomic mass is 10.1. The highest BCUT2D eigenvalue weighted by Crippen LogP contribution is 2.20. The fourth-order valence-electron chi connectivity index (χ4n) is 3.26. The first kappa shape index (κ1) is 18.1. The van der Waals surface area contributed by atoms with Gasteiger partial charge in [0.05, 0.1) is 4.90 Å². The molecular weight excluding hydrogens is 338 g/mol. The van der Waals surface area contributed by atoms with E-state index in [0.717, 1.165) is 45.2 Å². The Hall–Kier alpha value is -1.70. The Balaban J connectivity index is 1.65. The summed E-state index contributed by atoms with van der Waals surface area (Å²) in [5.74, 6) is -0.252. The number of carbonyl (C=O) groups excluding carboxylic acids is 1. The molecule has 0 bridgehead atoms. The van der Waals surface area contributed by atoms with Gasteiger partial charge >= 0.3 is 0 Å². The van der Waals surface area contributed by atoms with Gasteiger partial charge in [-0.05, 0) is 44.0 Å². The predicted molar refractivity (Wildman–Crippen MR) is 96.9 cm³/mol. The summed E-state index contributed by atoms with van der Waals surface area (Å²) in [6, 6.07) is 6.24. The molecule has 3 rings (SSSR count). The van der Waals surface area contributed by atoms with Gasteiger partial charge in [0.2, 0.25) is 10.0 Å². The molecule has 2 aliphatic rings. The molecular formula is C18H25N3O3S. The topological polar surface area (TPSA) is 87.3 Å². The van der Waals surface area contributed by atoms with Gasteiger partial charge in [0, 0.05) is 24.7 Å². The van der Waals surface area contributed by atoms with E-state index in [-0.39, 0.29) is 16.8 Å². The van der Waals surface area contributed by atoms with Gasteiger partial charge in [-0.25, -0.2) is 13.1 Å². The van der Waals surface area contributed by atoms with E-state index in [9.17, 15) is 13.2 Å². The van der Waals surface area contributed by atoms with Crippen LogP contribution >= 0.6 is 0 Å². The number of hydrogen-bond donors (Lipinski definition) is 3. The Morgan fingerprint density at radius 2 is 2.04 bits per heavy atom. The molecule has 0 radical (unpaired) electrons. The molecule has 25 heavy (non-hydrogen) atoms. The summed E-state index contributed by atoms with van der Waals surface area (Å²) in [6.45, 7) is 2.24. The lowest BCUT2D eigenvalue weighted by molar-refractivity contribution is 0.0956. The first-order chi connectivity index (χ1) is 12.0. The molecule has 1 saturated carbocycles. The molecule has 1 aliphatic heterocycles. The zero-order chi connectivity index (χ0) is 17.7. The van der Waals surface area contributed by atoms with E-state index in [1.807, 2.05) is 0 Å². The minimum absolute atomic E-state index is 0.00864. The van der Waals surface area contributed by atoms with Crippen molar-refractivity contribution in [1.82, 2.24) is 15.4 Å². The quantitative estimate of drug-likeness (QED) is 0.670. The number of nitrogens with one attached hydrogen (secondary N) is 3. The van der Waals surface area contributed by atoms with Gasteiger partial charge in [0.15, 0.2) is 0 Å². The maximum atomic E-state index is 12.5. The second kappa shape index (κ2) is 8.12. The van der Waals surface area contributed by atoms with E-state index < -0.39 is 10.0 Å². The van der Waals surface area contributed by atoms with Crippen molar-refractivity contribution in [2.24, 2.45) is 0 Å². The molecule has 1 heterocycles. The maximum Gasteiger partial charge on any atom is 0.251 e. The van der Waals surface area contributed by atoms with Crippen molar-refractivity contribution in [3.8, 4) is 0 Å². The van der Waals surface area contributed by atoms with Crippen molar-refractivity contribution in [3.63, 3.8) is 0 Å². The molecule has 1 amide bonds.